The molecule has 0 aliphatic heterocycles. The normalized spacial score (nSPS) is 14.5. The molecule has 0 aromatic rings. The van der Waals surface area contributed by atoms with Gasteiger partial charge in [-0.3, -0.25) is 0 Å². The zero-order valence-corrected chi connectivity index (χ0v) is 12.2. The quantitative estimate of drug-likeness (QED) is 0.334. The molecular weight excluding hydrogens is 192 g/mol. The Labute approximate surface area is 104 Å². The second-order valence-corrected chi connectivity index (χ2v) is 5.64. The van der Waals surface area contributed by atoms with Gasteiger partial charge >= 0.3 is 0 Å². The molecule has 0 N–H and O–H groups in total. The maximum Gasteiger partial charge on any atom is -0.0295 e. The largest absolute Gasteiger partial charge is 0.0885 e. The van der Waals surface area contributed by atoms with Gasteiger partial charge in [-0.15, -0.1) is 0 Å². The molecule has 0 radical (unpaired) electrons. The molecule has 1 atom stereocenters. The van der Waals surface area contributed by atoms with E-state index >= 15 is 0 Å². The van der Waals surface area contributed by atoms with Crippen LogP contribution in [0, 0.1) is 11.8 Å². The van der Waals surface area contributed by atoms with Gasteiger partial charge in [0, 0.05) is 0 Å². The van der Waals surface area contributed by atoms with Crippen LogP contribution >= 0.6 is 0 Å². The van der Waals surface area contributed by atoms with Crippen molar-refractivity contribution in [3.63, 3.8) is 0 Å². The molecule has 0 saturated carbocycles. The van der Waals surface area contributed by atoms with Crippen LogP contribution in [0.5, 0.6) is 0 Å². The summed E-state index contributed by atoms with van der Waals surface area (Å²) < 4.78 is 0. The van der Waals surface area contributed by atoms with Crippen molar-refractivity contribution in [1.82, 2.24) is 0 Å². The summed E-state index contributed by atoms with van der Waals surface area (Å²) in [4.78, 5) is 0. The lowest BCUT2D eigenvalue weighted by Gasteiger charge is -2.13. The molecule has 0 heterocycles. The van der Waals surface area contributed by atoms with Crippen molar-refractivity contribution in [2.45, 2.75) is 79.6 Å². The first-order valence-electron chi connectivity index (χ1n) is 7.24. The molecule has 0 nitrogen and oxygen atoms in total. The van der Waals surface area contributed by atoms with Crippen molar-refractivity contribution >= 4 is 0 Å². The van der Waals surface area contributed by atoms with Crippen LogP contribution in [0.15, 0.2) is 11.6 Å². The SMILES string of the molecule is C/C=C(\CC)CC(C)CCCCCC(C)C. The minimum Gasteiger partial charge on any atom is -0.0885 e. The van der Waals surface area contributed by atoms with E-state index in [9.17, 15) is 0 Å². The molecule has 0 rings (SSSR count). The molecule has 0 aliphatic carbocycles. The van der Waals surface area contributed by atoms with Crippen molar-refractivity contribution < 1.29 is 0 Å². The van der Waals surface area contributed by atoms with Crippen molar-refractivity contribution in [1.29, 1.82) is 0 Å². The van der Waals surface area contributed by atoms with Crippen LogP contribution in [-0.4, -0.2) is 0 Å². The number of unbranched alkanes of at least 4 members (excludes halogenated alkanes) is 2. The summed E-state index contributed by atoms with van der Waals surface area (Å²) in [6.07, 6.45) is 11.9. The first kappa shape index (κ1) is 15.7. The van der Waals surface area contributed by atoms with E-state index in [4.69, 9.17) is 0 Å². The van der Waals surface area contributed by atoms with Crippen molar-refractivity contribution in [2.75, 3.05) is 0 Å². The lowest BCUT2D eigenvalue weighted by atomic mass is 9.93. The summed E-state index contributed by atoms with van der Waals surface area (Å²) in [5, 5.41) is 0. The molecule has 0 fully saturated rings. The molecule has 0 amide bonds. The Kier molecular flexibility index (Phi) is 9.77. The van der Waals surface area contributed by atoms with E-state index in [-0.39, 0.29) is 0 Å². The van der Waals surface area contributed by atoms with Gasteiger partial charge in [-0.1, -0.05) is 71.4 Å². The Morgan fingerprint density at radius 2 is 1.62 bits per heavy atom. The Balaban J connectivity index is 3.47. The predicted octanol–water partition coefficient (Wildman–Crippen LogP) is 5.98. The smallest absolute Gasteiger partial charge is 0.0295 e. The lowest BCUT2D eigenvalue weighted by Crippen LogP contribution is -1.97. The van der Waals surface area contributed by atoms with E-state index in [1.807, 2.05) is 0 Å². The van der Waals surface area contributed by atoms with Crippen LogP contribution in [0.25, 0.3) is 0 Å². The van der Waals surface area contributed by atoms with Gasteiger partial charge < -0.3 is 0 Å². The van der Waals surface area contributed by atoms with Gasteiger partial charge in [-0.25, -0.2) is 0 Å². The van der Waals surface area contributed by atoms with Crippen molar-refractivity contribution in [2.24, 2.45) is 11.8 Å². The van der Waals surface area contributed by atoms with Crippen molar-refractivity contribution in [3.05, 3.63) is 11.6 Å². The third-order valence-electron chi connectivity index (χ3n) is 3.45. The highest BCUT2D eigenvalue weighted by atomic mass is 14.1. The minimum atomic E-state index is 0.880. The first-order chi connectivity index (χ1) is 7.60. The standard InChI is InChI=1S/C16H32/c1-6-16(7-2)13-15(5)12-10-8-9-11-14(3)4/h6,14-15H,7-13H2,1-5H3/b16-6+. The summed E-state index contributed by atoms with van der Waals surface area (Å²) >= 11 is 0. The molecule has 0 saturated heterocycles. The summed E-state index contributed by atoms with van der Waals surface area (Å²) in [5.41, 5.74) is 1.63. The van der Waals surface area contributed by atoms with E-state index < -0.39 is 0 Å². The zero-order chi connectivity index (χ0) is 12.4. The molecule has 96 valence electrons. The van der Waals surface area contributed by atoms with Gasteiger partial charge in [0.25, 0.3) is 0 Å². The van der Waals surface area contributed by atoms with Crippen molar-refractivity contribution in [3.8, 4) is 0 Å². The van der Waals surface area contributed by atoms with Gasteiger partial charge in [-0.2, -0.15) is 0 Å². The molecule has 0 spiro atoms. The second kappa shape index (κ2) is 9.93. The van der Waals surface area contributed by atoms with E-state index in [2.05, 4.69) is 40.7 Å². The van der Waals surface area contributed by atoms with Gasteiger partial charge in [0.2, 0.25) is 0 Å². The highest BCUT2D eigenvalue weighted by molar-refractivity contribution is 4.99. The zero-order valence-electron chi connectivity index (χ0n) is 12.2. The number of rotatable bonds is 9. The lowest BCUT2D eigenvalue weighted by molar-refractivity contribution is 0.461. The number of hydrogen-bond acceptors (Lipinski definition) is 0. The molecular formula is C16H32. The van der Waals surface area contributed by atoms with Gasteiger partial charge in [0.1, 0.15) is 0 Å². The Morgan fingerprint density at radius 3 is 2.12 bits per heavy atom. The van der Waals surface area contributed by atoms with Crippen LogP contribution in [0.4, 0.5) is 0 Å². The highest BCUT2D eigenvalue weighted by Gasteiger charge is 2.04. The number of allylic oxidation sites excluding steroid dienone is 2. The predicted molar refractivity (Wildman–Crippen MR) is 75.8 cm³/mol. The fraction of sp³-hybridized carbons (Fsp3) is 0.875. The van der Waals surface area contributed by atoms with Crippen LogP contribution in [0.2, 0.25) is 0 Å². The fourth-order valence-corrected chi connectivity index (χ4v) is 2.24. The molecule has 0 heteroatoms. The van der Waals surface area contributed by atoms with Crippen LogP contribution in [0.1, 0.15) is 79.6 Å². The monoisotopic (exact) mass is 224 g/mol. The summed E-state index contributed by atoms with van der Waals surface area (Å²) in [7, 11) is 0. The minimum absolute atomic E-state index is 0.880. The average molecular weight is 224 g/mol. The first-order valence-corrected chi connectivity index (χ1v) is 7.24. The molecule has 0 aromatic heterocycles. The van der Waals surface area contributed by atoms with E-state index in [1.54, 1.807) is 5.57 Å². The number of hydrogen-bond donors (Lipinski definition) is 0. The van der Waals surface area contributed by atoms with E-state index in [0.29, 0.717) is 0 Å². The highest BCUT2D eigenvalue weighted by Crippen LogP contribution is 2.20. The molecule has 1 unspecified atom stereocenters. The van der Waals surface area contributed by atoms with Gasteiger partial charge in [0.05, 0.1) is 0 Å². The van der Waals surface area contributed by atoms with Crippen LogP contribution < -0.4 is 0 Å². The molecule has 0 aromatic carbocycles. The Bertz CT molecular complexity index is 176. The summed E-state index contributed by atoms with van der Waals surface area (Å²) in [6.45, 7) is 11.5. The van der Waals surface area contributed by atoms with E-state index in [0.717, 1.165) is 11.8 Å². The third-order valence-corrected chi connectivity index (χ3v) is 3.45. The maximum absolute atomic E-state index is 2.40. The van der Waals surface area contributed by atoms with Crippen LogP contribution in [-0.2, 0) is 0 Å². The Hall–Kier alpha value is -0.260. The topological polar surface area (TPSA) is 0 Å². The molecule has 0 aliphatic rings. The van der Waals surface area contributed by atoms with Gasteiger partial charge in [0.15, 0.2) is 0 Å². The third kappa shape index (κ3) is 9.00. The Morgan fingerprint density at radius 1 is 1.00 bits per heavy atom. The molecule has 0 bridgehead atoms. The van der Waals surface area contributed by atoms with Crippen LogP contribution in [0.3, 0.4) is 0 Å². The van der Waals surface area contributed by atoms with Gasteiger partial charge in [-0.05, 0) is 31.6 Å². The van der Waals surface area contributed by atoms with E-state index in [1.165, 1.54) is 44.9 Å². The second-order valence-electron chi connectivity index (χ2n) is 5.64. The molecule has 16 heavy (non-hydrogen) atoms. The average Bonchev–Trinajstić information content (AvgIpc) is 2.25. The summed E-state index contributed by atoms with van der Waals surface area (Å²) in [5.74, 6) is 1.76. The maximum atomic E-state index is 2.40. The fourth-order valence-electron chi connectivity index (χ4n) is 2.24. The summed E-state index contributed by atoms with van der Waals surface area (Å²) in [6, 6.07) is 0.